The van der Waals surface area contributed by atoms with Crippen molar-refractivity contribution in [3.8, 4) is 17.6 Å². The fourth-order valence-corrected chi connectivity index (χ4v) is 3.45. The number of aliphatic hydroxyl groups is 2. The lowest BCUT2D eigenvalue weighted by Gasteiger charge is -2.25. The van der Waals surface area contributed by atoms with Crippen molar-refractivity contribution in [3.05, 3.63) is 65.1 Å². The first-order valence-corrected chi connectivity index (χ1v) is 10.9. The Morgan fingerprint density at radius 2 is 2.09 bits per heavy atom. The van der Waals surface area contributed by atoms with Crippen molar-refractivity contribution in [2.24, 2.45) is 0 Å². The van der Waals surface area contributed by atoms with E-state index in [4.69, 9.17) is 4.74 Å². The van der Waals surface area contributed by atoms with Crippen LogP contribution in [0.1, 0.15) is 55.1 Å². The van der Waals surface area contributed by atoms with Gasteiger partial charge in [0.25, 0.3) is 5.91 Å². The number of fused-ring (bicyclic) bond motifs is 1. The molecule has 0 bridgehead atoms. The summed E-state index contributed by atoms with van der Waals surface area (Å²) >= 11 is 0. The van der Waals surface area contributed by atoms with Crippen LogP contribution >= 0.6 is 0 Å². The zero-order chi connectivity index (χ0) is 24.0. The molecule has 1 aromatic heterocycles. The van der Waals surface area contributed by atoms with Crippen LogP contribution in [-0.2, 0) is 6.42 Å². The predicted octanol–water partition coefficient (Wildman–Crippen LogP) is 3.90. The minimum Gasteiger partial charge on any atom is -0.493 e. The van der Waals surface area contributed by atoms with Crippen molar-refractivity contribution < 1.29 is 24.1 Å². The molecule has 4 N–H and O–H groups in total. The molecule has 2 aromatic carbocycles. The zero-order valence-electron chi connectivity index (χ0n) is 19.0. The maximum Gasteiger partial charge on any atom is 0.257 e. The van der Waals surface area contributed by atoms with Crippen LogP contribution in [0.5, 0.6) is 5.75 Å². The second-order valence-corrected chi connectivity index (χ2v) is 8.32. The van der Waals surface area contributed by atoms with Gasteiger partial charge in [-0.1, -0.05) is 18.8 Å². The summed E-state index contributed by atoms with van der Waals surface area (Å²) in [5, 5.41) is 23.6. The number of aliphatic hydroxyl groups excluding tert-OH is 1. The smallest absolute Gasteiger partial charge is 0.257 e. The van der Waals surface area contributed by atoms with Crippen LogP contribution in [0.3, 0.4) is 0 Å². The predicted molar refractivity (Wildman–Crippen MR) is 125 cm³/mol. The van der Waals surface area contributed by atoms with Crippen molar-refractivity contribution in [2.75, 3.05) is 6.61 Å². The molecule has 0 saturated carbocycles. The Morgan fingerprint density at radius 1 is 1.30 bits per heavy atom. The third-order valence-electron chi connectivity index (χ3n) is 4.96. The number of hydrogen-bond donors (Lipinski definition) is 4. The maximum absolute atomic E-state index is 13.7. The van der Waals surface area contributed by atoms with Gasteiger partial charge in [-0.3, -0.25) is 4.79 Å². The monoisotopic (exact) mass is 452 g/mol. The Bertz CT molecular complexity index is 1190. The Balaban J connectivity index is 1.83. The molecule has 1 amide bonds. The first-order valence-electron chi connectivity index (χ1n) is 10.9. The number of aromatic nitrogens is 1. The van der Waals surface area contributed by atoms with E-state index in [0.29, 0.717) is 35.3 Å². The van der Waals surface area contributed by atoms with Crippen LogP contribution in [0.2, 0.25) is 0 Å². The molecule has 0 spiro atoms. The number of H-pyrrole nitrogens is 1. The van der Waals surface area contributed by atoms with E-state index < -0.39 is 17.7 Å². The molecule has 0 radical (unpaired) electrons. The molecule has 0 fully saturated rings. The van der Waals surface area contributed by atoms with Crippen molar-refractivity contribution in [1.82, 2.24) is 10.3 Å². The van der Waals surface area contributed by atoms with Crippen LogP contribution in [-0.4, -0.2) is 39.5 Å². The number of halogens is 1. The van der Waals surface area contributed by atoms with Crippen molar-refractivity contribution >= 4 is 16.8 Å². The number of carbonyl (C=O) groups is 1. The van der Waals surface area contributed by atoms with E-state index in [9.17, 15) is 19.4 Å². The lowest BCUT2D eigenvalue weighted by molar-refractivity contribution is 0.0234. The summed E-state index contributed by atoms with van der Waals surface area (Å²) in [6.45, 7) is 5.54. The first kappa shape index (κ1) is 24.3. The second-order valence-electron chi connectivity index (χ2n) is 8.32. The number of aromatic amines is 1. The normalized spacial score (nSPS) is 13.6. The number of hydrogen-bond acceptors (Lipinski definition) is 4. The fraction of sp³-hybridized carbons (Fsp3) is 0.346. The van der Waals surface area contributed by atoms with Gasteiger partial charge in [0, 0.05) is 35.5 Å². The molecule has 0 aliphatic heterocycles. The molecule has 0 aliphatic carbocycles. The van der Waals surface area contributed by atoms with Crippen LogP contribution in [0.15, 0.2) is 42.6 Å². The molecule has 1 heterocycles. The molecular formula is C26H29FN2O4. The van der Waals surface area contributed by atoms with E-state index in [1.165, 1.54) is 19.1 Å². The molecule has 3 aromatic rings. The fourth-order valence-electron chi connectivity index (χ4n) is 3.45. The lowest BCUT2D eigenvalue weighted by Crippen LogP contribution is -2.47. The molecule has 3 rings (SSSR count). The van der Waals surface area contributed by atoms with Gasteiger partial charge < -0.3 is 25.3 Å². The second kappa shape index (κ2) is 10.5. The van der Waals surface area contributed by atoms with E-state index in [1.807, 2.05) is 6.92 Å². The number of carbonyl (C=O) groups excluding carboxylic acids is 1. The quantitative estimate of drug-likeness (QED) is 0.308. The summed E-state index contributed by atoms with van der Waals surface area (Å²) < 4.78 is 19.4. The molecule has 6 nitrogen and oxygen atoms in total. The summed E-state index contributed by atoms with van der Waals surface area (Å²) in [4.78, 5) is 16.2. The highest BCUT2D eigenvalue weighted by molar-refractivity contribution is 5.97. The van der Waals surface area contributed by atoms with Crippen LogP contribution in [0, 0.1) is 17.7 Å². The summed E-state index contributed by atoms with van der Waals surface area (Å²) in [5.41, 5.74) is 0.658. The van der Waals surface area contributed by atoms with Gasteiger partial charge in [-0.2, -0.15) is 0 Å². The molecule has 7 heteroatoms. The number of amides is 1. The molecule has 174 valence electrons. The van der Waals surface area contributed by atoms with Crippen molar-refractivity contribution in [2.45, 2.75) is 51.9 Å². The summed E-state index contributed by atoms with van der Waals surface area (Å²) in [7, 11) is 0. The minimum atomic E-state index is -1.60. The minimum absolute atomic E-state index is 0.0707. The van der Waals surface area contributed by atoms with Gasteiger partial charge in [0.2, 0.25) is 0 Å². The molecular weight excluding hydrogens is 423 g/mol. The Kier molecular flexibility index (Phi) is 7.75. The van der Waals surface area contributed by atoms with E-state index >= 15 is 0 Å². The zero-order valence-corrected chi connectivity index (χ0v) is 19.0. The number of nitrogens with one attached hydrogen (secondary N) is 2. The molecule has 33 heavy (non-hydrogen) atoms. The maximum atomic E-state index is 13.7. The highest BCUT2D eigenvalue weighted by atomic mass is 19.1. The van der Waals surface area contributed by atoms with Crippen LogP contribution < -0.4 is 10.1 Å². The van der Waals surface area contributed by atoms with Gasteiger partial charge in [0.1, 0.15) is 17.3 Å². The van der Waals surface area contributed by atoms with Gasteiger partial charge in [0.15, 0.2) is 0 Å². The molecule has 0 aliphatic rings. The van der Waals surface area contributed by atoms with Gasteiger partial charge in [0.05, 0.1) is 18.3 Å². The summed E-state index contributed by atoms with van der Waals surface area (Å²) in [5.74, 6) is 5.30. The third-order valence-corrected chi connectivity index (χ3v) is 4.96. The largest absolute Gasteiger partial charge is 0.493 e. The van der Waals surface area contributed by atoms with Gasteiger partial charge in [-0.25, -0.2) is 4.39 Å². The molecule has 2 unspecified atom stereocenters. The van der Waals surface area contributed by atoms with Crippen LogP contribution in [0.4, 0.5) is 4.39 Å². The topological polar surface area (TPSA) is 94.6 Å². The van der Waals surface area contributed by atoms with E-state index in [1.54, 1.807) is 37.4 Å². The summed E-state index contributed by atoms with van der Waals surface area (Å²) in [6, 6.07) is 9.40. The standard InChI is InChI=1S/C26H29FN2O4/c1-4-12-33-24-11-8-18(7-5-6-17(2)30)13-22(24)25(31)29-26(3,32)15-19-16-28-23-10-9-20(27)14-21(19)23/h8-11,13-14,16-17,28,30,32H,4,6,12,15H2,1-3H3,(H,29,31). The Hall–Kier alpha value is -3.34. The van der Waals surface area contributed by atoms with Gasteiger partial charge in [-0.15, -0.1) is 0 Å². The number of rotatable bonds is 8. The number of benzene rings is 2. The Labute approximate surface area is 192 Å². The van der Waals surface area contributed by atoms with E-state index in [-0.39, 0.29) is 17.8 Å². The lowest BCUT2D eigenvalue weighted by atomic mass is 10.0. The average Bonchev–Trinajstić information content (AvgIpc) is 3.13. The van der Waals surface area contributed by atoms with Gasteiger partial charge in [-0.05, 0) is 62.2 Å². The Morgan fingerprint density at radius 3 is 2.82 bits per heavy atom. The first-order chi connectivity index (χ1) is 15.7. The highest BCUT2D eigenvalue weighted by Crippen LogP contribution is 2.25. The molecule has 2 atom stereocenters. The SMILES string of the molecule is CCCOc1ccc(C#CCC(C)O)cc1C(=O)NC(C)(O)Cc1c[nH]c2ccc(F)cc12. The third kappa shape index (κ3) is 6.58. The summed E-state index contributed by atoms with van der Waals surface area (Å²) in [6.07, 6.45) is 2.31. The average molecular weight is 453 g/mol. The highest BCUT2D eigenvalue weighted by Gasteiger charge is 2.27. The van der Waals surface area contributed by atoms with Crippen LogP contribution in [0.25, 0.3) is 10.9 Å². The van der Waals surface area contributed by atoms with E-state index in [0.717, 1.165) is 11.9 Å². The molecule has 0 saturated heterocycles. The van der Waals surface area contributed by atoms with E-state index in [2.05, 4.69) is 22.1 Å². The van der Waals surface area contributed by atoms with Crippen molar-refractivity contribution in [1.29, 1.82) is 0 Å². The van der Waals surface area contributed by atoms with Gasteiger partial charge >= 0.3 is 0 Å². The van der Waals surface area contributed by atoms with Crippen molar-refractivity contribution in [3.63, 3.8) is 0 Å². The number of ether oxygens (including phenoxy) is 1.